The molecule has 3 rings (SSSR count). The lowest BCUT2D eigenvalue weighted by molar-refractivity contribution is 0.178. The van der Waals surface area contributed by atoms with E-state index in [0.717, 1.165) is 55.7 Å². The van der Waals surface area contributed by atoms with Gasteiger partial charge in [-0.1, -0.05) is 47.5 Å². The maximum absolute atomic E-state index is 6.29. The van der Waals surface area contributed by atoms with E-state index in [4.69, 9.17) is 23.2 Å². The number of halogens is 3. The van der Waals surface area contributed by atoms with Crippen molar-refractivity contribution >= 4 is 53.1 Å². The van der Waals surface area contributed by atoms with E-state index in [1.165, 1.54) is 18.4 Å². The van der Waals surface area contributed by atoms with Crippen molar-refractivity contribution < 1.29 is 0 Å². The van der Waals surface area contributed by atoms with E-state index in [0.29, 0.717) is 11.1 Å². The average molecular weight is 562 g/mol. The standard InChI is InChI=1S/C22H29Cl2N5.HI/c1-25-22(26-11-8-17-6-7-21(24)27-14-17)28-15-18-9-12-29(13-10-18)16-19-4-2-3-5-20(19)23;/h2-7,14,18H,8-13,15-16H2,1H3,(H2,25,26,28);1H. The predicted octanol–water partition coefficient (Wildman–Crippen LogP) is 4.63. The molecule has 164 valence electrons. The molecule has 1 aromatic carbocycles. The maximum atomic E-state index is 6.29. The maximum Gasteiger partial charge on any atom is 0.190 e. The Morgan fingerprint density at radius 2 is 1.90 bits per heavy atom. The Bertz CT molecular complexity index is 792. The average Bonchev–Trinajstić information content (AvgIpc) is 2.74. The van der Waals surface area contributed by atoms with Crippen LogP contribution >= 0.6 is 47.2 Å². The number of aromatic nitrogens is 1. The molecule has 0 aliphatic carbocycles. The minimum Gasteiger partial charge on any atom is -0.356 e. The molecule has 1 saturated heterocycles. The Labute approximate surface area is 206 Å². The number of hydrogen-bond acceptors (Lipinski definition) is 3. The van der Waals surface area contributed by atoms with Gasteiger partial charge in [-0.3, -0.25) is 9.89 Å². The normalized spacial score (nSPS) is 15.5. The van der Waals surface area contributed by atoms with Gasteiger partial charge >= 0.3 is 0 Å². The van der Waals surface area contributed by atoms with Gasteiger partial charge in [0.1, 0.15) is 5.15 Å². The number of piperidine rings is 1. The summed E-state index contributed by atoms with van der Waals surface area (Å²) >= 11 is 12.1. The van der Waals surface area contributed by atoms with Crippen LogP contribution in [0, 0.1) is 5.92 Å². The van der Waals surface area contributed by atoms with Crippen LogP contribution in [-0.4, -0.2) is 49.1 Å². The van der Waals surface area contributed by atoms with Gasteiger partial charge in [-0.05, 0) is 61.5 Å². The van der Waals surface area contributed by atoms with Crippen LogP contribution in [-0.2, 0) is 13.0 Å². The van der Waals surface area contributed by atoms with Crippen LogP contribution < -0.4 is 10.6 Å². The molecule has 0 spiro atoms. The highest BCUT2D eigenvalue weighted by atomic mass is 127. The van der Waals surface area contributed by atoms with Crippen LogP contribution in [0.3, 0.4) is 0 Å². The van der Waals surface area contributed by atoms with Gasteiger partial charge in [0, 0.05) is 37.9 Å². The lowest BCUT2D eigenvalue weighted by Gasteiger charge is -2.32. The third kappa shape index (κ3) is 8.21. The molecule has 0 bridgehead atoms. The molecule has 0 amide bonds. The van der Waals surface area contributed by atoms with Gasteiger partial charge < -0.3 is 10.6 Å². The first-order valence-corrected chi connectivity index (χ1v) is 10.9. The number of nitrogens with zero attached hydrogens (tertiary/aromatic N) is 3. The van der Waals surface area contributed by atoms with E-state index >= 15 is 0 Å². The summed E-state index contributed by atoms with van der Waals surface area (Å²) in [4.78, 5) is 10.9. The van der Waals surface area contributed by atoms with Crippen molar-refractivity contribution in [3.05, 3.63) is 63.9 Å². The van der Waals surface area contributed by atoms with Crippen molar-refractivity contribution in [1.29, 1.82) is 0 Å². The molecule has 2 N–H and O–H groups in total. The van der Waals surface area contributed by atoms with Crippen LogP contribution in [0.25, 0.3) is 0 Å². The zero-order valence-electron chi connectivity index (χ0n) is 17.3. The first-order chi connectivity index (χ1) is 14.1. The number of likely N-dealkylation sites (tertiary alicyclic amines) is 1. The molecule has 0 unspecified atom stereocenters. The van der Waals surface area contributed by atoms with Crippen molar-refractivity contribution in [3.63, 3.8) is 0 Å². The lowest BCUT2D eigenvalue weighted by atomic mass is 9.96. The fraction of sp³-hybridized carbons (Fsp3) is 0.455. The van der Waals surface area contributed by atoms with E-state index in [1.54, 1.807) is 0 Å². The van der Waals surface area contributed by atoms with E-state index < -0.39 is 0 Å². The monoisotopic (exact) mass is 561 g/mol. The topological polar surface area (TPSA) is 52.6 Å². The molecule has 0 saturated carbocycles. The van der Waals surface area contributed by atoms with Crippen molar-refractivity contribution in [1.82, 2.24) is 20.5 Å². The number of benzene rings is 1. The van der Waals surface area contributed by atoms with E-state index in [-0.39, 0.29) is 24.0 Å². The lowest BCUT2D eigenvalue weighted by Crippen LogP contribution is -2.43. The molecule has 1 aliphatic heterocycles. The fourth-order valence-electron chi connectivity index (χ4n) is 3.56. The van der Waals surface area contributed by atoms with Crippen molar-refractivity contribution in [2.75, 3.05) is 33.2 Å². The van der Waals surface area contributed by atoms with Gasteiger partial charge in [-0.2, -0.15) is 0 Å². The second kappa shape index (κ2) is 13.3. The minimum absolute atomic E-state index is 0. The van der Waals surface area contributed by atoms with Crippen LogP contribution in [0.2, 0.25) is 10.2 Å². The van der Waals surface area contributed by atoms with Crippen molar-refractivity contribution in [2.24, 2.45) is 10.9 Å². The Morgan fingerprint density at radius 1 is 1.13 bits per heavy atom. The molecule has 0 radical (unpaired) electrons. The summed E-state index contributed by atoms with van der Waals surface area (Å²) in [6.45, 7) is 4.89. The number of guanidine groups is 1. The van der Waals surface area contributed by atoms with Gasteiger partial charge in [0.15, 0.2) is 5.96 Å². The Hall–Kier alpha value is -1.09. The summed E-state index contributed by atoms with van der Waals surface area (Å²) in [5, 5.41) is 8.23. The highest BCUT2D eigenvalue weighted by molar-refractivity contribution is 14.0. The minimum atomic E-state index is 0. The van der Waals surface area contributed by atoms with Crippen LogP contribution in [0.4, 0.5) is 0 Å². The SMILES string of the molecule is CN=C(NCCc1ccc(Cl)nc1)NCC1CCN(Cc2ccccc2Cl)CC1.I. The second-order valence-corrected chi connectivity index (χ2v) is 8.22. The van der Waals surface area contributed by atoms with Crippen molar-refractivity contribution in [2.45, 2.75) is 25.8 Å². The number of nitrogens with one attached hydrogen (secondary N) is 2. The zero-order chi connectivity index (χ0) is 20.5. The summed E-state index contributed by atoms with van der Waals surface area (Å²) in [7, 11) is 1.81. The van der Waals surface area contributed by atoms with E-state index in [1.807, 2.05) is 37.5 Å². The summed E-state index contributed by atoms with van der Waals surface area (Å²) in [5.74, 6) is 1.52. The van der Waals surface area contributed by atoms with Gasteiger partial charge in [0.2, 0.25) is 0 Å². The highest BCUT2D eigenvalue weighted by Crippen LogP contribution is 2.21. The van der Waals surface area contributed by atoms with Gasteiger partial charge in [-0.25, -0.2) is 4.98 Å². The zero-order valence-corrected chi connectivity index (χ0v) is 21.1. The smallest absolute Gasteiger partial charge is 0.190 e. The number of pyridine rings is 1. The summed E-state index contributed by atoms with van der Waals surface area (Å²) in [5.41, 5.74) is 2.37. The number of hydrogen-bond donors (Lipinski definition) is 2. The third-order valence-electron chi connectivity index (χ3n) is 5.34. The molecular formula is C22H30Cl2IN5. The third-order valence-corrected chi connectivity index (χ3v) is 5.93. The van der Waals surface area contributed by atoms with Crippen molar-refractivity contribution in [3.8, 4) is 0 Å². The molecular weight excluding hydrogens is 532 g/mol. The molecule has 0 atom stereocenters. The Balaban J connectivity index is 0.00000320. The quantitative estimate of drug-likeness (QED) is 0.224. The number of rotatable bonds is 7. The molecule has 1 fully saturated rings. The molecule has 5 nitrogen and oxygen atoms in total. The summed E-state index contributed by atoms with van der Waals surface area (Å²) in [6.07, 6.45) is 5.07. The van der Waals surface area contributed by atoms with Crippen LogP contribution in [0.1, 0.15) is 24.0 Å². The highest BCUT2D eigenvalue weighted by Gasteiger charge is 2.20. The molecule has 8 heteroatoms. The summed E-state index contributed by atoms with van der Waals surface area (Å²) < 4.78 is 0. The molecule has 2 heterocycles. The fourth-order valence-corrected chi connectivity index (χ4v) is 3.86. The van der Waals surface area contributed by atoms with Crippen LogP contribution in [0.15, 0.2) is 47.6 Å². The Morgan fingerprint density at radius 3 is 2.57 bits per heavy atom. The predicted molar refractivity (Wildman–Crippen MR) is 137 cm³/mol. The first-order valence-electron chi connectivity index (χ1n) is 10.1. The molecule has 2 aromatic rings. The molecule has 1 aromatic heterocycles. The number of aliphatic imine (C=N–C) groups is 1. The molecule has 30 heavy (non-hydrogen) atoms. The summed E-state index contributed by atoms with van der Waals surface area (Å²) in [6, 6.07) is 11.9. The first kappa shape index (κ1) is 25.2. The Kier molecular flexibility index (Phi) is 11.2. The van der Waals surface area contributed by atoms with Crippen LogP contribution in [0.5, 0.6) is 0 Å². The van der Waals surface area contributed by atoms with Gasteiger partial charge in [0.25, 0.3) is 0 Å². The van der Waals surface area contributed by atoms with Gasteiger partial charge in [0.05, 0.1) is 0 Å². The van der Waals surface area contributed by atoms with E-state index in [9.17, 15) is 0 Å². The van der Waals surface area contributed by atoms with E-state index in [2.05, 4.69) is 37.6 Å². The largest absolute Gasteiger partial charge is 0.356 e. The molecule has 1 aliphatic rings. The van der Waals surface area contributed by atoms with Gasteiger partial charge in [-0.15, -0.1) is 24.0 Å². The second-order valence-electron chi connectivity index (χ2n) is 7.43.